The lowest BCUT2D eigenvalue weighted by Gasteiger charge is -2.07. The van der Waals surface area contributed by atoms with Crippen LogP contribution in [0.3, 0.4) is 0 Å². The fourth-order valence-corrected chi connectivity index (χ4v) is 3.01. The Morgan fingerprint density at radius 3 is 2.62 bits per heavy atom. The zero-order chi connectivity index (χ0) is 15.4. The van der Waals surface area contributed by atoms with E-state index in [-0.39, 0.29) is 11.5 Å². The molecule has 0 radical (unpaired) electrons. The SMILES string of the molecule is Cc1cc(C(=O)O)ccc1NC(=O)/C=C/c1ccc(Br)s1. The van der Waals surface area contributed by atoms with Crippen molar-refractivity contribution in [3.63, 3.8) is 0 Å². The van der Waals surface area contributed by atoms with Gasteiger partial charge >= 0.3 is 5.97 Å². The molecule has 0 saturated carbocycles. The highest BCUT2D eigenvalue weighted by atomic mass is 79.9. The summed E-state index contributed by atoms with van der Waals surface area (Å²) < 4.78 is 1.00. The molecule has 2 N–H and O–H groups in total. The highest BCUT2D eigenvalue weighted by Gasteiger charge is 2.07. The van der Waals surface area contributed by atoms with Gasteiger partial charge in [0, 0.05) is 16.6 Å². The maximum Gasteiger partial charge on any atom is 0.335 e. The fourth-order valence-electron chi connectivity index (χ4n) is 1.69. The third-order valence-electron chi connectivity index (χ3n) is 2.72. The molecule has 0 atom stereocenters. The number of amides is 1. The van der Waals surface area contributed by atoms with E-state index in [1.165, 1.54) is 29.5 Å². The minimum Gasteiger partial charge on any atom is -0.478 e. The summed E-state index contributed by atoms with van der Waals surface area (Å²) in [5.41, 5.74) is 1.50. The number of anilines is 1. The first-order chi connectivity index (χ1) is 9.95. The van der Waals surface area contributed by atoms with Gasteiger partial charge in [-0.3, -0.25) is 4.79 Å². The summed E-state index contributed by atoms with van der Waals surface area (Å²) in [6, 6.07) is 8.40. The summed E-state index contributed by atoms with van der Waals surface area (Å²) in [4.78, 5) is 23.7. The normalized spacial score (nSPS) is 10.8. The standard InChI is InChI=1S/C15H12BrNO3S/c1-9-8-10(15(19)20)2-5-12(9)17-14(18)7-4-11-3-6-13(16)21-11/h2-8H,1H3,(H,17,18)(H,19,20)/b7-4+. The molecule has 0 unspecified atom stereocenters. The number of aromatic carboxylic acids is 1. The van der Waals surface area contributed by atoms with Crippen LogP contribution in [0.1, 0.15) is 20.8 Å². The summed E-state index contributed by atoms with van der Waals surface area (Å²) in [5.74, 6) is -1.25. The number of benzene rings is 1. The van der Waals surface area contributed by atoms with E-state index < -0.39 is 5.97 Å². The molecule has 6 heteroatoms. The molecule has 2 aromatic rings. The van der Waals surface area contributed by atoms with Crippen molar-refractivity contribution in [1.82, 2.24) is 0 Å². The first-order valence-electron chi connectivity index (χ1n) is 6.04. The maximum atomic E-state index is 11.8. The second kappa shape index (κ2) is 6.69. The predicted molar refractivity (Wildman–Crippen MR) is 87.8 cm³/mol. The van der Waals surface area contributed by atoms with Gasteiger partial charge in [0.1, 0.15) is 0 Å². The van der Waals surface area contributed by atoms with Crippen LogP contribution in [0.2, 0.25) is 0 Å². The van der Waals surface area contributed by atoms with E-state index in [4.69, 9.17) is 5.11 Å². The Hall–Kier alpha value is -1.92. The minimum atomic E-state index is -0.987. The van der Waals surface area contributed by atoms with Gasteiger partial charge in [0.2, 0.25) is 5.91 Å². The van der Waals surface area contributed by atoms with Gasteiger partial charge in [-0.05, 0) is 64.8 Å². The Kier molecular flexibility index (Phi) is 4.93. The van der Waals surface area contributed by atoms with Crippen LogP contribution in [-0.2, 0) is 4.79 Å². The lowest BCUT2D eigenvalue weighted by molar-refractivity contribution is -0.111. The summed E-state index contributed by atoms with van der Waals surface area (Å²) in [5, 5.41) is 11.6. The third-order valence-corrected chi connectivity index (χ3v) is 4.31. The van der Waals surface area contributed by atoms with E-state index in [0.717, 1.165) is 8.66 Å². The summed E-state index contributed by atoms with van der Waals surface area (Å²) >= 11 is 4.89. The average molecular weight is 366 g/mol. The molecule has 1 heterocycles. The number of rotatable bonds is 4. The Morgan fingerprint density at radius 1 is 1.29 bits per heavy atom. The highest BCUT2D eigenvalue weighted by molar-refractivity contribution is 9.11. The first-order valence-corrected chi connectivity index (χ1v) is 7.65. The molecular weight excluding hydrogens is 354 g/mol. The van der Waals surface area contributed by atoms with Crippen LogP contribution in [-0.4, -0.2) is 17.0 Å². The van der Waals surface area contributed by atoms with Crippen LogP contribution in [0.5, 0.6) is 0 Å². The Balaban J connectivity index is 2.06. The summed E-state index contributed by atoms with van der Waals surface area (Å²) in [6.45, 7) is 1.75. The average Bonchev–Trinajstić information content (AvgIpc) is 2.84. The molecule has 0 aliphatic carbocycles. The first kappa shape index (κ1) is 15.5. The molecule has 0 saturated heterocycles. The van der Waals surface area contributed by atoms with Crippen LogP contribution in [0, 0.1) is 6.92 Å². The van der Waals surface area contributed by atoms with Gasteiger partial charge in [0.05, 0.1) is 9.35 Å². The van der Waals surface area contributed by atoms with Gasteiger partial charge in [-0.2, -0.15) is 0 Å². The summed E-state index contributed by atoms with van der Waals surface area (Å²) in [7, 11) is 0. The molecule has 0 aliphatic heterocycles. The van der Waals surface area contributed by atoms with Crippen LogP contribution in [0.4, 0.5) is 5.69 Å². The van der Waals surface area contributed by atoms with Crippen LogP contribution in [0.15, 0.2) is 40.2 Å². The number of halogens is 1. The summed E-state index contributed by atoms with van der Waals surface area (Å²) in [6.07, 6.45) is 3.18. The van der Waals surface area contributed by atoms with E-state index in [0.29, 0.717) is 11.3 Å². The fraction of sp³-hybridized carbons (Fsp3) is 0.0667. The van der Waals surface area contributed by atoms with Crippen molar-refractivity contribution < 1.29 is 14.7 Å². The van der Waals surface area contributed by atoms with E-state index in [2.05, 4.69) is 21.2 Å². The van der Waals surface area contributed by atoms with Crippen molar-refractivity contribution in [2.45, 2.75) is 6.92 Å². The van der Waals surface area contributed by atoms with Crippen LogP contribution in [0.25, 0.3) is 6.08 Å². The van der Waals surface area contributed by atoms with Gasteiger partial charge in [-0.15, -0.1) is 11.3 Å². The zero-order valence-corrected chi connectivity index (χ0v) is 13.5. The number of hydrogen-bond donors (Lipinski definition) is 2. The highest BCUT2D eigenvalue weighted by Crippen LogP contribution is 2.23. The zero-order valence-electron chi connectivity index (χ0n) is 11.1. The van der Waals surface area contributed by atoms with Crippen LogP contribution < -0.4 is 5.32 Å². The van der Waals surface area contributed by atoms with Crippen molar-refractivity contribution >= 4 is 50.9 Å². The quantitative estimate of drug-likeness (QED) is 0.799. The third kappa shape index (κ3) is 4.27. The van der Waals surface area contributed by atoms with Crippen molar-refractivity contribution in [3.05, 3.63) is 56.2 Å². The van der Waals surface area contributed by atoms with E-state index >= 15 is 0 Å². The number of hydrogen-bond acceptors (Lipinski definition) is 3. The molecule has 2 rings (SSSR count). The number of thiophene rings is 1. The van der Waals surface area contributed by atoms with Gasteiger partial charge < -0.3 is 10.4 Å². The predicted octanol–water partition coefficient (Wildman–Crippen LogP) is 4.17. The van der Waals surface area contributed by atoms with E-state index in [1.54, 1.807) is 19.1 Å². The smallest absolute Gasteiger partial charge is 0.335 e. The van der Waals surface area contributed by atoms with E-state index in [9.17, 15) is 9.59 Å². The van der Waals surface area contributed by atoms with E-state index in [1.807, 2.05) is 12.1 Å². The monoisotopic (exact) mass is 365 g/mol. The van der Waals surface area contributed by atoms with Gasteiger partial charge in [-0.25, -0.2) is 4.79 Å². The molecule has 0 spiro atoms. The molecule has 1 aromatic carbocycles. The van der Waals surface area contributed by atoms with Crippen molar-refractivity contribution in [2.75, 3.05) is 5.32 Å². The van der Waals surface area contributed by atoms with Gasteiger partial charge in [0.15, 0.2) is 0 Å². The number of carboxylic acids is 1. The molecule has 108 valence electrons. The Labute approximate surface area is 134 Å². The molecule has 0 bridgehead atoms. The number of carboxylic acid groups (broad SMARTS) is 1. The van der Waals surface area contributed by atoms with Crippen LogP contribution >= 0.6 is 27.3 Å². The van der Waals surface area contributed by atoms with Gasteiger partial charge in [0.25, 0.3) is 0 Å². The minimum absolute atomic E-state index is 0.199. The number of carbonyl (C=O) groups is 2. The lowest BCUT2D eigenvalue weighted by Crippen LogP contribution is -2.09. The molecule has 0 aliphatic rings. The largest absolute Gasteiger partial charge is 0.478 e. The second-order valence-electron chi connectivity index (χ2n) is 4.30. The second-order valence-corrected chi connectivity index (χ2v) is 6.79. The Bertz CT molecular complexity index is 721. The van der Waals surface area contributed by atoms with Gasteiger partial charge in [-0.1, -0.05) is 0 Å². The number of carbonyl (C=O) groups excluding carboxylic acids is 1. The molecular formula is C15H12BrNO3S. The molecule has 0 fully saturated rings. The molecule has 1 aromatic heterocycles. The van der Waals surface area contributed by atoms with Crippen molar-refractivity contribution in [3.8, 4) is 0 Å². The van der Waals surface area contributed by atoms with Crippen molar-refractivity contribution in [2.24, 2.45) is 0 Å². The number of aryl methyl sites for hydroxylation is 1. The molecule has 4 nitrogen and oxygen atoms in total. The molecule has 21 heavy (non-hydrogen) atoms. The lowest BCUT2D eigenvalue weighted by atomic mass is 10.1. The van der Waals surface area contributed by atoms with Crippen molar-refractivity contribution in [1.29, 1.82) is 0 Å². The number of nitrogens with one attached hydrogen (secondary N) is 1. The topological polar surface area (TPSA) is 66.4 Å². The maximum absolute atomic E-state index is 11.8. The Morgan fingerprint density at radius 2 is 2.05 bits per heavy atom. The molecule has 1 amide bonds.